The van der Waals surface area contributed by atoms with Crippen LogP contribution in [0.2, 0.25) is 0 Å². The molecule has 0 unspecified atom stereocenters. The lowest BCUT2D eigenvalue weighted by Gasteiger charge is -2.08. The van der Waals surface area contributed by atoms with Crippen molar-refractivity contribution in [1.29, 1.82) is 0 Å². The van der Waals surface area contributed by atoms with Gasteiger partial charge >= 0.3 is 6.18 Å². The van der Waals surface area contributed by atoms with Gasteiger partial charge in [-0.25, -0.2) is 0 Å². The molecular weight excluding hydrogens is 269 g/mol. The summed E-state index contributed by atoms with van der Waals surface area (Å²) in [7, 11) is 1.43. The first-order chi connectivity index (χ1) is 9.50. The largest absolute Gasteiger partial charge is 0.416 e. The molecule has 0 fully saturated rings. The normalized spacial score (nSPS) is 11.8. The molecule has 1 aromatic heterocycles. The van der Waals surface area contributed by atoms with Gasteiger partial charge < -0.3 is 4.84 Å². The van der Waals surface area contributed by atoms with E-state index >= 15 is 0 Å². The number of aromatic nitrogens is 1. The lowest BCUT2D eigenvalue weighted by atomic mass is 10.1. The Hall–Kier alpha value is -2.37. The van der Waals surface area contributed by atoms with E-state index in [1.165, 1.54) is 13.3 Å². The molecule has 0 saturated carbocycles. The first-order valence-corrected chi connectivity index (χ1v) is 5.71. The Morgan fingerprint density at radius 2 is 1.85 bits per heavy atom. The van der Waals surface area contributed by atoms with Gasteiger partial charge in [0.05, 0.1) is 17.5 Å². The number of benzene rings is 1. The predicted octanol–water partition coefficient (Wildman–Crippen LogP) is 3.75. The van der Waals surface area contributed by atoms with Crippen molar-refractivity contribution >= 4 is 6.21 Å². The Balaban J connectivity index is 2.30. The summed E-state index contributed by atoms with van der Waals surface area (Å²) in [4.78, 5) is 8.50. The van der Waals surface area contributed by atoms with E-state index < -0.39 is 11.7 Å². The summed E-state index contributed by atoms with van der Waals surface area (Å²) in [5, 5.41) is 3.60. The van der Waals surface area contributed by atoms with Crippen LogP contribution in [0.5, 0.6) is 0 Å². The monoisotopic (exact) mass is 280 g/mol. The molecule has 0 bridgehead atoms. The minimum absolute atomic E-state index is 0.273. The Labute approximate surface area is 113 Å². The molecular formula is C14H11F3N2O. The van der Waals surface area contributed by atoms with Crippen LogP contribution in [-0.2, 0) is 11.0 Å². The van der Waals surface area contributed by atoms with Gasteiger partial charge in [0.2, 0.25) is 0 Å². The number of hydrogen-bond donors (Lipinski definition) is 0. The second-order valence-electron chi connectivity index (χ2n) is 3.97. The van der Waals surface area contributed by atoms with Crippen LogP contribution >= 0.6 is 0 Å². The lowest BCUT2D eigenvalue weighted by Crippen LogP contribution is -2.05. The van der Waals surface area contributed by atoms with Gasteiger partial charge in [0.15, 0.2) is 0 Å². The molecule has 6 heteroatoms. The first kappa shape index (κ1) is 14.0. The van der Waals surface area contributed by atoms with E-state index in [9.17, 15) is 13.2 Å². The van der Waals surface area contributed by atoms with Crippen LogP contribution in [-0.4, -0.2) is 18.3 Å². The number of rotatable bonds is 3. The maximum Gasteiger partial charge on any atom is 0.416 e. The Morgan fingerprint density at radius 3 is 2.45 bits per heavy atom. The number of halogens is 3. The molecule has 1 aromatic carbocycles. The quantitative estimate of drug-likeness (QED) is 0.634. The summed E-state index contributed by atoms with van der Waals surface area (Å²) in [5.41, 5.74) is 0.941. The van der Waals surface area contributed by atoms with Crippen LogP contribution < -0.4 is 0 Å². The second kappa shape index (κ2) is 5.73. The van der Waals surface area contributed by atoms with Crippen LogP contribution in [0.1, 0.15) is 11.1 Å². The van der Waals surface area contributed by atoms with Crippen LogP contribution in [0.3, 0.4) is 0 Å². The molecule has 0 N–H and O–H groups in total. The molecule has 0 aliphatic carbocycles. The third-order valence-corrected chi connectivity index (χ3v) is 2.60. The minimum Gasteiger partial charge on any atom is -0.399 e. The van der Waals surface area contributed by atoms with Gasteiger partial charge in [0.1, 0.15) is 7.11 Å². The van der Waals surface area contributed by atoms with Crippen molar-refractivity contribution in [2.24, 2.45) is 5.16 Å². The molecule has 104 valence electrons. The molecule has 0 aliphatic heterocycles. The van der Waals surface area contributed by atoms with Gasteiger partial charge in [0.25, 0.3) is 0 Å². The van der Waals surface area contributed by atoms with E-state index in [1.54, 1.807) is 24.3 Å². The Bertz CT molecular complexity index is 607. The highest BCUT2D eigenvalue weighted by atomic mass is 19.4. The average molecular weight is 280 g/mol. The smallest absolute Gasteiger partial charge is 0.399 e. The van der Waals surface area contributed by atoms with Crippen molar-refractivity contribution < 1.29 is 18.0 Å². The zero-order chi connectivity index (χ0) is 14.6. The van der Waals surface area contributed by atoms with Crippen LogP contribution in [0.4, 0.5) is 13.2 Å². The zero-order valence-corrected chi connectivity index (χ0v) is 10.6. The highest BCUT2D eigenvalue weighted by molar-refractivity contribution is 5.80. The molecule has 3 nitrogen and oxygen atoms in total. The van der Waals surface area contributed by atoms with Crippen molar-refractivity contribution in [3.8, 4) is 11.3 Å². The third-order valence-electron chi connectivity index (χ3n) is 2.60. The van der Waals surface area contributed by atoms with Crippen molar-refractivity contribution in [3.05, 3.63) is 53.7 Å². The van der Waals surface area contributed by atoms with Crippen molar-refractivity contribution in [1.82, 2.24) is 4.98 Å². The Morgan fingerprint density at radius 1 is 1.15 bits per heavy atom. The molecule has 2 aromatic rings. The van der Waals surface area contributed by atoms with Crippen molar-refractivity contribution in [2.45, 2.75) is 6.18 Å². The van der Waals surface area contributed by atoms with Gasteiger partial charge in [-0.3, -0.25) is 4.98 Å². The van der Waals surface area contributed by atoms with E-state index in [4.69, 9.17) is 0 Å². The molecule has 0 amide bonds. The highest BCUT2D eigenvalue weighted by Crippen LogP contribution is 2.31. The zero-order valence-electron chi connectivity index (χ0n) is 10.6. The number of oxime groups is 1. The van der Waals surface area contributed by atoms with Gasteiger partial charge in [0, 0.05) is 11.8 Å². The van der Waals surface area contributed by atoms with E-state index in [2.05, 4.69) is 15.0 Å². The summed E-state index contributed by atoms with van der Waals surface area (Å²) >= 11 is 0. The molecule has 20 heavy (non-hydrogen) atoms. The van der Waals surface area contributed by atoms with Gasteiger partial charge in [-0.15, -0.1) is 0 Å². The van der Waals surface area contributed by atoms with Crippen LogP contribution in [0.15, 0.2) is 47.8 Å². The van der Waals surface area contributed by atoms with E-state index in [0.29, 0.717) is 5.56 Å². The predicted molar refractivity (Wildman–Crippen MR) is 69.3 cm³/mol. The maximum absolute atomic E-state index is 12.6. The Kier molecular flexibility index (Phi) is 4.02. The average Bonchev–Trinajstić information content (AvgIpc) is 2.45. The van der Waals surface area contributed by atoms with Crippen LogP contribution in [0.25, 0.3) is 11.3 Å². The fourth-order valence-corrected chi connectivity index (χ4v) is 1.62. The SMILES string of the molecule is CO/N=C/c1ccc(-c2cc(C(F)(F)F)ccn2)cc1. The number of hydrogen-bond acceptors (Lipinski definition) is 3. The minimum atomic E-state index is -4.37. The van der Waals surface area contributed by atoms with Crippen LogP contribution in [0, 0.1) is 0 Å². The third kappa shape index (κ3) is 3.34. The van der Waals surface area contributed by atoms with E-state index in [0.717, 1.165) is 23.9 Å². The molecule has 0 atom stereocenters. The summed E-state index contributed by atoms with van der Waals surface area (Å²) in [6.45, 7) is 0. The van der Waals surface area contributed by atoms with E-state index in [1.807, 2.05) is 0 Å². The number of alkyl halides is 3. The standard InChI is InChI=1S/C14H11F3N2O/c1-20-19-9-10-2-4-11(5-3-10)13-8-12(6-7-18-13)14(15,16)17/h2-9H,1H3/b19-9+. The van der Waals surface area contributed by atoms with E-state index in [-0.39, 0.29) is 5.69 Å². The number of nitrogens with zero attached hydrogens (tertiary/aromatic N) is 2. The molecule has 1 heterocycles. The van der Waals surface area contributed by atoms with Crippen molar-refractivity contribution in [3.63, 3.8) is 0 Å². The summed E-state index contributed by atoms with van der Waals surface area (Å²) in [6.07, 6.45) is -1.72. The maximum atomic E-state index is 12.6. The fourth-order valence-electron chi connectivity index (χ4n) is 1.62. The first-order valence-electron chi connectivity index (χ1n) is 5.71. The molecule has 0 radical (unpaired) electrons. The van der Waals surface area contributed by atoms with Crippen molar-refractivity contribution in [2.75, 3.05) is 7.11 Å². The lowest BCUT2D eigenvalue weighted by molar-refractivity contribution is -0.137. The topological polar surface area (TPSA) is 34.5 Å². The molecule has 0 spiro atoms. The van der Waals surface area contributed by atoms with Gasteiger partial charge in [-0.1, -0.05) is 29.4 Å². The summed E-state index contributed by atoms with van der Waals surface area (Å²) < 4.78 is 37.9. The molecule has 0 saturated heterocycles. The number of pyridine rings is 1. The fraction of sp³-hybridized carbons (Fsp3) is 0.143. The molecule has 2 rings (SSSR count). The molecule has 0 aliphatic rings. The van der Waals surface area contributed by atoms with Gasteiger partial charge in [-0.2, -0.15) is 13.2 Å². The summed E-state index contributed by atoms with van der Waals surface area (Å²) in [6, 6.07) is 8.78. The second-order valence-corrected chi connectivity index (χ2v) is 3.97. The highest BCUT2D eigenvalue weighted by Gasteiger charge is 2.30. The van der Waals surface area contributed by atoms with Gasteiger partial charge in [-0.05, 0) is 17.7 Å². The summed E-state index contributed by atoms with van der Waals surface area (Å²) in [5.74, 6) is 0.